The predicted molar refractivity (Wildman–Crippen MR) is 79.2 cm³/mol. The number of carbonyl (C=O) groups excluding carboxylic acids is 2. The van der Waals surface area contributed by atoms with E-state index in [1.165, 1.54) is 6.42 Å². The molecule has 114 valence electrons. The largest absolute Gasteiger partial charge is 0.343 e. The van der Waals surface area contributed by atoms with Crippen LogP contribution in [0.1, 0.15) is 66.2 Å². The number of hydrogen-bond acceptors (Lipinski definition) is 2. The zero-order valence-corrected chi connectivity index (χ0v) is 13.3. The summed E-state index contributed by atoms with van der Waals surface area (Å²) in [4.78, 5) is 27.0. The molecule has 0 bridgehead atoms. The lowest BCUT2D eigenvalue weighted by Gasteiger charge is -2.50. The van der Waals surface area contributed by atoms with Gasteiger partial charge in [0.25, 0.3) is 0 Å². The minimum absolute atomic E-state index is 0.0678. The van der Waals surface area contributed by atoms with E-state index >= 15 is 0 Å². The van der Waals surface area contributed by atoms with Crippen molar-refractivity contribution in [2.75, 3.05) is 6.54 Å². The first kappa shape index (κ1) is 15.3. The Balaban J connectivity index is 2.24. The highest BCUT2D eigenvalue weighted by Gasteiger charge is 2.51. The Morgan fingerprint density at radius 3 is 2.35 bits per heavy atom. The van der Waals surface area contributed by atoms with Crippen molar-refractivity contribution in [1.29, 1.82) is 0 Å². The fraction of sp³-hybridized carbons (Fsp3) is 0.875. The van der Waals surface area contributed by atoms with Crippen molar-refractivity contribution in [3.8, 4) is 0 Å². The quantitative estimate of drug-likeness (QED) is 0.844. The van der Waals surface area contributed by atoms with Crippen LogP contribution in [-0.2, 0) is 9.59 Å². The van der Waals surface area contributed by atoms with Crippen molar-refractivity contribution in [1.82, 2.24) is 10.2 Å². The zero-order chi connectivity index (χ0) is 15.0. The second-order valence-corrected chi connectivity index (χ2v) is 7.59. The van der Waals surface area contributed by atoms with Crippen LogP contribution in [0.5, 0.6) is 0 Å². The molecule has 0 aromatic heterocycles. The maximum atomic E-state index is 12.6. The van der Waals surface area contributed by atoms with Gasteiger partial charge in [0.2, 0.25) is 11.8 Å². The summed E-state index contributed by atoms with van der Waals surface area (Å²) in [5.74, 6) is 0.161. The number of piperazine rings is 1. The maximum absolute atomic E-state index is 12.6. The van der Waals surface area contributed by atoms with Gasteiger partial charge in [-0.2, -0.15) is 0 Å². The highest BCUT2D eigenvalue weighted by Crippen LogP contribution is 2.37. The Morgan fingerprint density at radius 2 is 1.80 bits per heavy atom. The molecule has 2 aliphatic rings. The first-order chi connectivity index (χ1) is 9.26. The maximum Gasteiger partial charge on any atom is 0.246 e. The van der Waals surface area contributed by atoms with Crippen molar-refractivity contribution in [2.45, 2.75) is 77.8 Å². The third-order valence-electron chi connectivity index (χ3n) is 4.69. The number of nitrogens with one attached hydrogen (secondary N) is 1. The summed E-state index contributed by atoms with van der Waals surface area (Å²) >= 11 is 0. The summed E-state index contributed by atoms with van der Waals surface area (Å²) in [5.41, 5.74) is -0.389. The van der Waals surface area contributed by atoms with E-state index in [-0.39, 0.29) is 23.3 Å². The summed E-state index contributed by atoms with van der Waals surface area (Å²) in [6.07, 6.45) is 5.83. The lowest BCUT2D eigenvalue weighted by atomic mass is 9.77. The van der Waals surface area contributed by atoms with Crippen LogP contribution in [0.4, 0.5) is 0 Å². The Morgan fingerprint density at radius 1 is 1.20 bits per heavy atom. The third-order valence-corrected chi connectivity index (χ3v) is 4.69. The molecule has 0 radical (unpaired) electrons. The second-order valence-electron chi connectivity index (χ2n) is 7.59. The number of carbonyl (C=O) groups is 2. The molecule has 0 aromatic carbocycles. The van der Waals surface area contributed by atoms with E-state index in [1.807, 2.05) is 4.90 Å². The minimum Gasteiger partial charge on any atom is -0.343 e. The molecule has 1 spiro atoms. The number of hydrogen-bond donors (Lipinski definition) is 1. The summed E-state index contributed by atoms with van der Waals surface area (Å²) in [7, 11) is 0. The molecule has 1 atom stereocenters. The monoisotopic (exact) mass is 280 g/mol. The van der Waals surface area contributed by atoms with E-state index < -0.39 is 5.54 Å². The lowest BCUT2D eigenvalue weighted by Crippen LogP contribution is -2.70. The van der Waals surface area contributed by atoms with Gasteiger partial charge in [0, 0.05) is 6.54 Å². The van der Waals surface area contributed by atoms with Crippen molar-refractivity contribution < 1.29 is 9.59 Å². The van der Waals surface area contributed by atoms with Crippen LogP contribution in [-0.4, -0.2) is 34.8 Å². The van der Waals surface area contributed by atoms with Crippen LogP contribution in [0.25, 0.3) is 0 Å². The van der Waals surface area contributed by atoms with E-state index in [1.54, 1.807) is 6.92 Å². The van der Waals surface area contributed by atoms with Gasteiger partial charge in [-0.05, 0) is 31.6 Å². The first-order valence-corrected chi connectivity index (χ1v) is 7.89. The fourth-order valence-corrected chi connectivity index (χ4v) is 3.37. The molecular weight excluding hydrogens is 252 g/mol. The molecular formula is C16H28N2O2. The van der Waals surface area contributed by atoms with Crippen molar-refractivity contribution in [3.05, 3.63) is 0 Å². The van der Waals surface area contributed by atoms with Crippen molar-refractivity contribution in [2.24, 2.45) is 5.41 Å². The summed E-state index contributed by atoms with van der Waals surface area (Å²) < 4.78 is 0. The molecule has 4 nitrogen and oxygen atoms in total. The molecule has 2 fully saturated rings. The molecule has 1 saturated carbocycles. The first-order valence-electron chi connectivity index (χ1n) is 7.89. The van der Waals surface area contributed by atoms with Gasteiger partial charge in [-0.3, -0.25) is 9.59 Å². The Hall–Kier alpha value is -1.06. The van der Waals surface area contributed by atoms with Crippen LogP contribution >= 0.6 is 0 Å². The SMILES string of the molecule is CC1NC(=O)C2(CCCCC2)N(CCC(C)(C)C)C1=O. The number of amides is 2. The Labute approximate surface area is 122 Å². The van der Waals surface area contributed by atoms with Crippen LogP contribution in [0.3, 0.4) is 0 Å². The van der Waals surface area contributed by atoms with Gasteiger partial charge in [0.1, 0.15) is 11.6 Å². The van der Waals surface area contributed by atoms with E-state index in [2.05, 4.69) is 26.1 Å². The van der Waals surface area contributed by atoms with Crippen LogP contribution < -0.4 is 5.32 Å². The predicted octanol–water partition coefficient (Wildman–Crippen LogP) is 2.47. The van der Waals surface area contributed by atoms with Gasteiger partial charge in [-0.25, -0.2) is 0 Å². The van der Waals surface area contributed by atoms with Crippen LogP contribution in [0, 0.1) is 5.41 Å². The molecule has 1 heterocycles. The van der Waals surface area contributed by atoms with Gasteiger partial charge in [0.05, 0.1) is 0 Å². The van der Waals surface area contributed by atoms with Crippen molar-refractivity contribution in [3.63, 3.8) is 0 Å². The van der Waals surface area contributed by atoms with Gasteiger partial charge in [-0.15, -0.1) is 0 Å². The minimum atomic E-state index is -0.562. The van der Waals surface area contributed by atoms with E-state index in [4.69, 9.17) is 0 Å². The number of nitrogens with zero attached hydrogens (tertiary/aromatic N) is 1. The topological polar surface area (TPSA) is 49.4 Å². The third kappa shape index (κ3) is 2.84. The average molecular weight is 280 g/mol. The highest BCUT2D eigenvalue weighted by atomic mass is 16.2. The summed E-state index contributed by atoms with van der Waals surface area (Å²) in [5, 5.41) is 2.89. The Bertz CT molecular complexity index is 392. The van der Waals surface area contributed by atoms with Gasteiger partial charge >= 0.3 is 0 Å². The fourth-order valence-electron chi connectivity index (χ4n) is 3.37. The number of rotatable bonds is 2. The summed E-state index contributed by atoms with van der Waals surface area (Å²) in [6, 6.07) is -0.380. The van der Waals surface area contributed by atoms with Crippen LogP contribution in [0.15, 0.2) is 0 Å². The summed E-state index contributed by atoms with van der Waals surface area (Å²) in [6.45, 7) is 9.02. The van der Waals surface area contributed by atoms with Gasteiger partial charge in [-0.1, -0.05) is 40.0 Å². The normalized spacial score (nSPS) is 26.8. The van der Waals surface area contributed by atoms with Crippen LogP contribution in [0.2, 0.25) is 0 Å². The second kappa shape index (κ2) is 5.38. The highest BCUT2D eigenvalue weighted by molar-refractivity contribution is 5.99. The molecule has 20 heavy (non-hydrogen) atoms. The Kier molecular flexibility index (Phi) is 4.12. The average Bonchev–Trinajstić information content (AvgIpc) is 2.36. The standard InChI is InChI=1S/C16H28N2O2/c1-12-13(19)18(11-10-15(2,3)4)16(14(20)17-12)8-6-5-7-9-16/h12H,5-11H2,1-4H3,(H,17,20). The smallest absolute Gasteiger partial charge is 0.246 e. The molecule has 2 amide bonds. The lowest BCUT2D eigenvalue weighted by molar-refractivity contribution is -0.160. The molecule has 4 heteroatoms. The molecule has 1 aliphatic heterocycles. The zero-order valence-electron chi connectivity index (χ0n) is 13.3. The molecule has 1 unspecified atom stereocenters. The van der Waals surface area contributed by atoms with E-state index in [0.29, 0.717) is 6.54 Å². The van der Waals surface area contributed by atoms with E-state index in [0.717, 1.165) is 32.1 Å². The van der Waals surface area contributed by atoms with Gasteiger partial charge in [0.15, 0.2) is 0 Å². The molecule has 1 aliphatic carbocycles. The molecule has 1 N–H and O–H groups in total. The van der Waals surface area contributed by atoms with E-state index in [9.17, 15) is 9.59 Å². The molecule has 0 aromatic rings. The van der Waals surface area contributed by atoms with Crippen molar-refractivity contribution >= 4 is 11.8 Å². The molecule has 1 saturated heterocycles. The molecule has 2 rings (SSSR count). The van der Waals surface area contributed by atoms with Gasteiger partial charge < -0.3 is 10.2 Å².